The van der Waals surface area contributed by atoms with Gasteiger partial charge >= 0.3 is 5.97 Å². The van der Waals surface area contributed by atoms with Crippen molar-refractivity contribution in [2.24, 2.45) is 0 Å². The number of amides is 1. The Labute approximate surface area is 191 Å². The lowest BCUT2D eigenvalue weighted by molar-refractivity contribution is -0.116. The fraction of sp³-hybridized carbons (Fsp3) is 0.481. The summed E-state index contributed by atoms with van der Waals surface area (Å²) < 4.78 is 4.85. The summed E-state index contributed by atoms with van der Waals surface area (Å²) in [7, 11) is 1.35. The number of carbonyl (C=O) groups excluding carboxylic acids is 2. The Hall–Kier alpha value is -2.82. The highest BCUT2D eigenvalue weighted by atomic mass is 16.5. The molecule has 5 nitrogen and oxygen atoms in total. The quantitative estimate of drug-likeness (QED) is 0.500. The van der Waals surface area contributed by atoms with Crippen molar-refractivity contribution < 1.29 is 14.3 Å². The van der Waals surface area contributed by atoms with Crippen molar-refractivity contribution in [2.75, 3.05) is 17.7 Å². The topological polar surface area (TPSA) is 67.4 Å². The van der Waals surface area contributed by atoms with Crippen LogP contribution in [-0.4, -0.2) is 19.0 Å². The normalized spacial score (nSPS) is 16.1. The van der Waals surface area contributed by atoms with Crippen LogP contribution in [0.2, 0.25) is 0 Å². The standard InChI is InChI=1S/C27H36N2O3/c1-8-9-24(30)29-23-15-18(25(31)32-7)10-11-21(23)28-22-16-20-19(14-17(22)2)26(3,4)12-13-27(20,5)6/h10-11,14-16,28H,8-9,12-13H2,1-7H3,(H,29,30). The van der Waals surface area contributed by atoms with Crippen LogP contribution in [0.1, 0.15) is 87.4 Å². The molecule has 0 heterocycles. The maximum atomic E-state index is 12.3. The number of fused-ring (bicyclic) bond motifs is 1. The van der Waals surface area contributed by atoms with Gasteiger partial charge in [-0.2, -0.15) is 0 Å². The predicted octanol–water partition coefficient (Wildman–Crippen LogP) is 6.61. The van der Waals surface area contributed by atoms with E-state index in [1.54, 1.807) is 12.1 Å². The second kappa shape index (κ2) is 8.97. The molecule has 0 unspecified atom stereocenters. The summed E-state index contributed by atoms with van der Waals surface area (Å²) in [5, 5.41) is 6.47. The number of methoxy groups -OCH3 is 1. The molecule has 3 rings (SSSR count). The van der Waals surface area contributed by atoms with Gasteiger partial charge in [0.2, 0.25) is 5.91 Å². The fourth-order valence-electron chi connectivity index (χ4n) is 4.44. The largest absolute Gasteiger partial charge is 0.465 e. The van der Waals surface area contributed by atoms with Crippen LogP contribution in [0.5, 0.6) is 0 Å². The molecule has 0 bridgehead atoms. The molecule has 172 valence electrons. The number of benzene rings is 2. The third-order valence-corrected chi connectivity index (χ3v) is 6.66. The zero-order valence-corrected chi connectivity index (χ0v) is 20.4. The fourth-order valence-corrected chi connectivity index (χ4v) is 4.44. The number of rotatable bonds is 6. The van der Waals surface area contributed by atoms with Gasteiger partial charge in [0.25, 0.3) is 0 Å². The second-order valence-electron chi connectivity index (χ2n) is 10.2. The molecule has 2 aromatic rings. The molecule has 0 aromatic heterocycles. The Morgan fingerprint density at radius 3 is 2.16 bits per heavy atom. The lowest BCUT2D eigenvalue weighted by Crippen LogP contribution is -2.34. The number of carbonyl (C=O) groups is 2. The molecule has 32 heavy (non-hydrogen) atoms. The maximum Gasteiger partial charge on any atom is 0.337 e. The molecule has 5 heteroatoms. The van der Waals surface area contributed by atoms with Gasteiger partial charge in [0.15, 0.2) is 0 Å². The molecular formula is C27H36N2O3. The van der Waals surface area contributed by atoms with Crippen LogP contribution in [0, 0.1) is 6.92 Å². The summed E-state index contributed by atoms with van der Waals surface area (Å²) in [6, 6.07) is 9.77. The van der Waals surface area contributed by atoms with Crippen molar-refractivity contribution in [2.45, 2.75) is 78.1 Å². The Kier molecular flexibility index (Phi) is 6.68. The number of ether oxygens (including phenoxy) is 1. The van der Waals surface area contributed by atoms with E-state index >= 15 is 0 Å². The number of esters is 1. The highest BCUT2D eigenvalue weighted by Gasteiger charge is 2.37. The van der Waals surface area contributed by atoms with E-state index in [2.05, 4.69) is 57.4 Å². The third-order valence-electron chi connectivity index (χ3n) is 6.66. The molecule has 0 saturated heterocycles. The number of aryl methyl sites for hydroxylation is 1. The smallest absolute Gasteiger partial charge is 0.337 e. The van der Waals surface area contributed by atoms with E-state index in [4.69, 9.17) is 4.74 Å². The van der Waals surface area contributed by atoms with Crippen LogP contribution >= 0.6 is 0 Å². The lowest BCUT2D eigenvalue weighted by atomic mass is 9.63. The average Bonchev–Trinajstić information content (AvgIpc) is 2.73. The van der Waals surface area contributed by atoms with Crippen LogP contribution < -0.4 is 10.6 Å². The Balaban J connectivity index is 2.04. The molecule has 0 aliphatic heterocycles. The number of anilines is 3. The minimum atomic E-state index is -0.434. The molecular weight excluding hydrogens is 400 g/mol. The van der Waals surface area contributed by atoms with Crippen molar-refractivity contribution in [1.82, 2.24) is 0 Å². The average molecular weight is 437 g/mol. The monoisotopic (exact) mass is 436 g/mol. The maximum absolute atomic E-state index is 12.3. The van der Waals surface area contributed by atoms with Crippen LogP contribution in [0.15, 0.2) is 30.3 Å². The third kappa shape index (κ3) is 4.82. The number of hydrogen-bond donors (Lipinski definition) is 2. The van der Waals surface area contributed by atoms with E-state index in [0.29, 0.717) is 17.7 Å². The Morgan fingerprint density at radius 2 is 1.56 bits per heavy atom. The zero-order valence-electron chi connectivity index (χ0n) is 20.4. The van der Waals surface area contributed by atoms with E-state index in [1.165, 1.54) is 24.7 Å². The first kappa shape index (κ1) is 23.8. The molecule has 1 amide bonds. The number of nitrogens with one attached hydrogen (secondary N) is 2. The molecule has 0 radical (unpaired) electrons. The van der Waals surface area contributed by atoms with Gasteiger partial charge < -0.3 is 15.4 Å². The highest BCUT2D eigenvalue weighted by Crippen LogP contribution is 2.47. The van der Waals surface area contributed by atoms with Crippen molar-refractivity contribution >= 4 is 28.9 Å². The SMILES string of the molecule is CCCC(=O)Nc1cc(C(=O)OC)ccc1Nc1cc2c(cc1C)C(C)(C)CCC2(C)C. The molecule has 0 saturated carbocycles. The minimum Gasteiger partial charge on any atom is -0.465 e. The van der Waals surface area contributed by atoms with Crippen LogP contribution in [0.25, 0.3) is 0 Å². The van der Waals surface area contributed by atoms with Crippen molar-refractivity contribution in [1.29, 1.82) is 0 Å². The van der Waals surface area contributed by atoms with Crippen molar-refractivity contribution in [3.8, 4) is 0 Å². The minimum absolute atomic E-state index is 0.0809. The van der Waals surface area contributed by atoms with E-state index in [0.717, 1.165) is 29.8 Å². The number of hydrogen-bond acceptors (Lipinski definition) is 4. The van der Waals surface area contributed by atoms with Gasteiger partial charge in [-0.25, -0.2) is 4.79 Å². The summed E-state index contributed by atoms with van der Waals surface area (Å²) in [5.74, 6) is -0.515. The molecule has 1 aliphatic rings. The van der Waals surface area contributed by atoms with E-state index in [-0.39, 0.29) is 16.7 Å². The van der Waals surface area contributed by atoms with Gasteiger partial charge in [0, 0.05) is 12.1 Å². The summed E-state index contributed by atoms with van der Waals surface area (Å²) in [6.07, 6.45) is 3.48. The van der Waals surface area contributed by atoms with Gasteiger partial charge in [-0.1, -0.05) is 40.7 Å². The molecule has 0 spiro atoms. The predicted molar refractivity (Wildman–Crippen MR) is 131 cm³/mol. The Bertz CT molecular complexity index is 1040. The second-order valence-corrected chi connectivity index (χ2v) is 10.2. The van der Waals surface area contributed by atoms with Crippen LogP contribution in [0.4, 0.5) is 17.1 Å². The van der Waals surface area contributed by atoms with Gasteiger partial charge in [0.05, 0.1) is 24.0 Å². The highest BCUT2D eigenvalue weighted by molar-refractivity contribution is 5.98. The van der Waals surface area contributed by atoms with Gasteiger partial charge in [0.1, 0.15) is 0 Å². The van der Waals surface area contributed by atoms with E-state index in [1.807, 2.05) is 13.0 Å². The summed E-state index contributed by atoms with van der Waals surface area (Å²) in [6.45, 7) is 13.3. The van der Waals surface area contributed by atoms with E-state index in [9.17, 15) is 9.59 Å². The summed E-state index contributed by atoms with van der Waals surface area (Å²) in [5.41, 5.74) is 6.90. The van der Waals surface area contributed by atoms with Gasteiger partial charge in [-0.05, 0) is 78.0 Å². The van der Waals surface area contributed by atoms with E-state index < -0.39 is 5.97 Å². The molecule has 0 atom stereocenters. The summed E-state index contributed by atoms with van der Waals surface area (Å²) in [4.78, 5) is 24.4. The van der Waals surface area contributed by atoms with Crippen molar-refractivity contribution in [3.05, 3.63) is 52.6 Å². The zero-order chi connectivity index (χ0) is 23.7. The van der Waals surface area contributed by atoms with Crippen LogP contribution in [0.3, 0.4) is 0 Å². The van der Waals surface area contributed by atoms with Crippen LogP contribution in [-0.2, 0) is 20.4 Å². The lowest BCUT2D eigenvalue weighted by Gasteiger charge is -2.42. The first-order chi connectivity index (χ1) is 15.0. The first-order valence-corrected chi connectivity index (χ1v) is 11.4. The van der Waals surface area contributed by atoms with Gasteiger partial charge in [-0.15, -0.1) is 0 Å². The van der Waals surface area contributed by atoms with Crippen molar-refractivity contribution in [3.63, 3.8) is 0 Å². The molecule has 0 fully saturated rings. The molecule has 2 aromatic carbocycles. The molecule has 2 N–H and O–H groups in total. The Morgan fingerprint density at radius 1 is 0.938 bits per heavy atom. The van der Waals surface area contributed by atoms with Gasteiger partial charge in [-0.3, -0.25) is 4.79 Å². The summed E-state index contributed by atoms with van der Waals surface area (Å²) >= 11 is 0. The molecule has 1 aliphatic carbocycles. The first-order valence-electron chi connectivity index (χ1n) is 11.4.